The maximum atomic E-state index is 11.0. The number of pyridine rings is 1. The van der Waals surface area contributed by atoms with Crippen molar-refractivity contribution in [3.63, 3.8) is 0 Å². The first-order valence-corrected chi connectivity index (χ1v) is 4.00. The van der Waals surface area contributed by atoms with Crippen molar-refractivity contribution in [1.82, 2.24) is 10.3 Å². The molecule has 0 saturated heterocycles. The fraction of sp³-hybridized carbons (Fsp3) is 0.250. The third-order valence-electron chi connectivity index (χ3n) is 1.98. The SMILES string of the molecule is NC(=O)C1NCNc2cccnc21. The van der Waals surface area contributed by atoms with Gasteiger partial charge < -0.3 is 11.1 Å². The first-order valence-electron chi connectivity index (χ1n) is 4.00. The minimum absolute atomic E-state index is 0.401. The first kappa shape index (κ1) is 8.00. The Kier molecular flexibility index (Phi) is 1.86. The number of rotatable bonds is 1. The number of nitrogens with zero attached hydrogens (tertiary/aromatic N) is 1. The number of carbonyl (C=O) groups is 1. The number of fused-ring (bicyclic) bond motifs is 1. The average molecular weight is 178 g/mol. The van der Waals surface area contributed by atoms with Crippen molar-refractivity contribution in [2.75, 3.05) is 12.0 Å². The number of primary amides is 1. The summed E-state index contributed by atoms with van der Waals surface area (Å²) in [6.45, 7) is 0.534. The van der Waals surface area contributed by atoms with Crippen LogP contribution in [0.3, 0.4) is 0 Å². The van der Waals surface area contributed by atoms with Crippen molar-refractivity contribution in [1.29, 1.82) is 0 Å². The van der Waals surface area contributed by atoms with E-state index in [9.17, 15) is 4.79 Å². The fourth-order valence-electron chi connectivity index (χ4n) is 1.38. The van der Waals surface area contributed by atoms with Gasteiger partial charge in [-0.15, -0.1) is 0 Å². The summed E-state index contributed by atoms with van der Waals surface area (Å²) < 4.78 is 0. The molecule has 0 spiro atoms. The number of hydrogen-bond donors (Lipinski definition) is 3. The lowest BCUT2D eigenvalue weighted by Gasteiger charge is -2.24. The minimum atomic E-state index is -0.475. The molecule has 2 heterocycles. The molecule has 1 amide bonds. The molecule has 2 rings (SSSR count). The average Bonchev–Trinajstić information content (AvgIpc) is 2.17. The van der Waals surface area contributed by atoms with Gasteiger partial charge >= 0.3 is 0 Å². The Morgan fingerprint density at radius 3 is 3.31 bits per heavy atom. The zero-order valence-electron chi connectivity index (χ0n) is 6.95. The van der Waals surface area contributed by atoms with Gasteiger partial charge in [-0.1, -0.05) is 0 Å². The van der Waals surface area contributed by atoms with Gasteiger partial charge in [0, 0.05) is 6.20 Å². The number of anilines is 1. The molecule has 4 N–H and O–H groups in total. The third kappa shape index (κ3) is 1.33. The number of carbonyl (C=O) groups excluding carboxylic acids is 1. The van der Waals surface area contributed by atoms with Crippen LogP contribution in [0.15, 0.2) is 18.3 Å². The van der Waals surface area contributed by atoms with E-state index in [1.807, 2.05) is 12.1 Å². The fourth-order valence-corrected chi connectivity index (χ4v) is 1.38. The van der Waals surface area contributed by atoms with E-state index in [0.717, 1.165) is 5.69 Å². The number of aromatic nitrogens is 1. The van der Waals surface area contributed by atoms with Crippen LogP contribution in [-0.2, 0) is 4.79 Å². The monoisotopic (exact) mass is 178 g/mol. The summed E-state index contributed by atoms with van der Waals surface area (Å²) in [5.41, 5.74) is 6.75. The molecule has 1 unspecified atom stereocenters. The Hall–Kier alpha value is -1.62. The van der Waals surface area contributed by atoms with Crippen LogP contribution in [0, 0.1) is 0 Å². The highest BCUT2D eigenvalue weighted by Gasteiger charge is 2.24. The molecule has 0 aromatic carbocycles. The quantitative estimate of drug-likeness (QED) is 0.545. The standard InChI is InChI=1S/C8H10N4O/c9-8(13)7-6-5(11-4-12-7)2-1-3-10-6/h1-3,7,11-12H,4H2,(H2,9,13). The number of amides is 1. The van der Waals surface area contributed by atoms with Gasteiger partial charge in [-0.2, -0.15) is 0 Å². The van der Waals surface area contributed by atoms with E-state index in [-0.39, 0.29) is 0 Å². The van der Waals surface area contributed by atoms with Crippen molar-refractivity contribution < 1.29 is 4.79 Å². The van der Waals surface area contributed by atoms with Crippen molar-refractivity contribution in [3.8, 4) is 0 Å². The molecule has 0 bridgehead atoms. The molecule has 0 radical (unpaired) electrons. The Bertz CT molecular complexity index is 339. The van der Waals surface area contributed by atoms with Gasteiger partial charge in [-0.25, -0.2) is 0 Å². The van der Waals surface area contributed by atoms with E-state index in [2.05, 4.69) is 15.6 Å². The van der Waals surface area contributed by atoms with E-state index >= 15 is 0 Å². The van der Waals surface area contributed by atoms with Crippen LogP contribution in [0.1, 0.15) is 11.7 Å². The molecular weight excluding hydrogens is 168 g/mol. The first-order chi connectivity index (χ1) is 6.29. The van der Waals surface area contributed by atoms with Gasteiger partial charge in [-0.3, -0.25) is 15.1 Å². The van der Waals surface area contributed by atoms with Crippen LogP contribution in [0.5, 0.6) is 0 Å². The number of nitrogens with one attached hydrogen (secondary N) is 2. The van der Waals surface area contributed by atoms with Crippen molar-refractivity contribution in [2.24, 2.45) is 5.73 Å². The van der Waals surface area contributed by atoms with Crippen molar-refractivity contribution in [2.45, 2.75) is 6.04 Å². The smallest absolute Gasteiger partial charge is 0.240 e. The molecule has 5 heteroatoms. The van der Waals surface area contributed by atoms with Crippen LogP contribution >= 0.6 is 0 Å². The van der Waals surface area contributed by atoms with Crippen molar-refractivity contribution >= 4 is 11.6 Å². The molecule has 1 aliphatic rings. The van der Waals surface area contributed by atoms with Crippen LogP contribution in [0.2, 0.25) is 0 Å². The van der Waals surface area contributed by atoms with Gasteiger partial charge in [0.1, 0.15) is 6.04 Å². The number of nitrogens with two attached hydrogens (primary N) is 1. The Labute approximate surface area is 75.3 Å². The maximum absolute atomic E-state index is 11.0. The molecule has 13 heavy (non-hydrogen) atoms. The lowest BCUT2D eigenvalue weighted by molar-refractivity contribution is -0.120. The predicted octanol–water partition coefficient (Wildman–Crippen LogP) is -0.419. The normalized spacial score (nSPS) is 20.2. The topological polar surface area (TPSA) is 80.0 Å². The molecule has 1 aromatic rings. The van der Waals surface area contributed by atoms with Crippen LogP contribution in [-0.4, -0.2) is 17.6 Å². The molecule has 5 nitrogen and oxygen atoms in total. The van der Waals surface area contributed by atoms with Crippen LogP contribution in [0.4, 0.5) is 5.69 Å². The minimum Gasteiger partial charge on any atom is -0.371 e. The van der Waals surface area contributed by atoms with E-state index < -0.39 is 11.9 Å². The Balaban J connectivity index is 2.42. The highest BCUT2D eigenvalue weighted by molar-refractivity contribution is 5.83. The Morgan fingerprint density at radius 1 is 1.69 bits per heavy atom. The summed E-state index contributed by atoms with van der Waals surface area (Å²) in [7, 11) is 0. The molecule has 1 atom stereocenters. The van der Waals surface area contributed by atoms with Crippen LogP contribution < -0.4 is 16.4 Å². The highest BCUT2D eigenvalue weighted by atomic mass is 16.1. The summed E-state index contributed by atoms with van der Waals surface area (Å²) in [6, 6.07) is 3.21. The van der Waals surface area contributed by atoms with Gasteiger partial charge in [0.15, 0.2) is 0 Å². The lowest BCUT2D eigenvalue weighted by Crippen LogP contribution is -2.40. The summed E-state index contributed by atoms with van der Waals surface area (Å²) in [4.78, 5) is 15.1. The lowest BCUT2D eigenvalue weighted by atomic mass is 10.1. The predicted molar refractivity (Wildman–Crippen MR) is 47.8 cm³/mol. The van der Waals surface area contributed by atoms with E-state index in [4.69, 9.17) is 5.73 Å². The Morgan fingerprint density at radius 2 is 2.54 bits per heavy atom. The van der Waals surface area contributed by atoms with Crippen LogP contribution in [0.25, 0.3) is 0 Å². The largest absolute Gasteiger partial charge is 0.371 e. The molecule has 1 aliphatic heterocycles. The van der Waals surface area contributed by atoms with E-state index in [1.165, 1.54) is 0 Å². The third-order valence-corrected chi connectivity index (χ3v) is 1.98. The molecule has 0 fully saturated rings. The van der Waals surface area contributed by atoms with Gasteiger partial charge in [0.05, 0.1) is 18.1 Å². The molecule has 0 saturated carbocycles. The van der Waals surface area contributed by atoms with E-state index in [0.29, 0.717) is 12.4 Å². The summed E-state index contributed by atoms with van der Waals surface area (Å²) in [6.07, 6.45) is 1.64. The van der Waals surface area contributed by atoms with E-state index in [1.54, 1.807) is 6.20 Å². The molecule has 68 valence electrons. The molecule has 1 aromatic heterocycles. The summed E-state index contributed by atoms with van der Waals surface area (Å²) in [5, 5.41) is 5.99. The zero-order chi connectivity index (χ0) is 9.26. The maximum Gasteiger partial charge on any atom is 0.240 e. The van der Waals surface area contributed by atoms with Gasteiger partial charge in [0.2, 0.25) is 5.91 Å². The second-order valence-electron chi connectivity index (χ2n) is 2.83. The van der Waals surface area contributed by atoms with Gasteiger partial charge in [-0.05, 0) is 12.1 Å². The molecular formula is C8H10N4O. The molecule has 0 aliphatic carbocycles. The second kappa shape index (κ2) is 3.02. The summed E-state index contributed by atoms with van der Waals surface area (Å²) >= 11 is 0. The zero-order valence-corrected chi connectivity index (χ0v) is 6.95. The highest BCUT2D eigenvalue weighted by Crippen LogP contribution is 2.22. The summed E-state index contributed by atoms with van der Waals surface area (Å²) in [5.74, 6) is -0.401. The number of hydrogen-bond acceptors (Lipinski definition) is 4. The second-order valence-corrected chi connectivity index (χ2v) is 2.83. The van der Waals surface area contributed by atoms with Gasteiger partial charge in [0.25, 0.3) is 0 Å². The van der Waals surface area contributed by atoms with Crippen molar-refractivity contribution in [3.05, 3.63) is 24.0 Å².